The molecule has 0 heterocycles. The minimum atomic E-state index is -0.0166. The third kappa shape index (κ3) is 12.0. The molecule has 0 fully saturated rings. The minimum absolute atomic E-state index is 0. The van der Waals surface area contributed by atoms with Crippen LogP contribution in [0.2, 0.25) is 10.0 Å². The Hall–Kier alpha value is -1.91. The van der Waals surface area contributed by atoms with Gasteiger partial charge in [0, 0.05) is 31.5 Å². The molecule has 0 aromatic heterocycles. The van der Waals surface area contributed by atoms with E-state index in [0.717, 1.165) is 5.56 Å². The number of aromatic hydroxyl groups is 1. The van der Waals surface area contributed by atoms with Crippen molar-refractivity contribution in [2.75, 3.05) is 0 Å². The third-order valence-electron chi connectivity index (χ3n) is 4.12. The van der Waals surface area contributed by atoms with Crippen molar-refractivity contribution in [1.82, 2.24) is 10.9 Å². The summed E-state index contributed by atoms with van der Waals surface area (Å²) in [5, 5.41) is 20.1. The molecule has 0 spiro atoms. The molecule has 3 rings (SSSR count). The van der Waals surface area contributed by atoms with Gasteiger partial charge in [-0.15, -0.1) is 0 Å². The van der Waals surface area contributed by atoms with Crippen LogP contribution in [0.1, 0.15) is 16.7 Å². The summed E-state index contributed by atoms with van der Waals surface area (Å²) in [6.45, 7) is 1.88. The summed E-state index contributed by atoms with van der Waals surface area (Å²) in [5.74, 6) is -0.0166. The van der Waals surface area contributed by atoms with Crippen LogP contribution in [0, 0.1) is 6.92 Å². The second kappa shape index (κ2) is 17.6. The molecule has 0 bridgehead atoms. The van der Waals surface area contributed by atoms with Gasteiger partial charge in [0.2, 0.25) is 0 Å². The normalized spacial score (nSPS) is 11.6. The molecule has 0 atom stereocenters. The van der Waals surface area contributed by atoms with Crippen LogP contribution >= 0.6 is 33.3 Å². The number of phenols is 1. The van der Waals surface area contributed by atoms with Gasteiger partial charge in [-0.3, -0.25) is 20.8 Å². The van der Waals surface area contributed by atoms with Crippen molar-refractivity contribution in [3.63, 3.8) is 0 Å². The van der Waals surface area contributed by atoms with Gasteiger partial charge in [-0.05, 0) is 61.0 Å². The van der Waals surface area contributed by atoms with E-state index in [0.29, 0.717) is 32.5 Å². The first-order valence-corrected chi connectivity index (χ1v) is 12.7. The Morgan fingerprint density at radius 1 is 0.811 bits per heavy atom. The summed E-state index contributed by atoms with van der Waals surface area (Å²) in [6.07, 6.45) is 2.87. The number of halogens is 3. The molecule has 37 heavy (non-hydrogen) atoms. The number of nitrogens with one attached hydrogen (secondary N) is 2. The zero-order valence-corrected chi connectivity index (χ0v) is 24.5. The molecule has 3 aromatic rings. The molecule has 3 aromatic carbocycles. The summed E-state index contributed by atoms with van der Waals surface area (Å²) in [6, 6.07) is 17.5. The Morgan fingerprint density at radius 2 is 1.22 bits per heavy atom. The van der Waals surface area contributed by atoms with Crippen LogP contribution in [0.15, 0.2) is 80.9 Å². The van der Waals surface area contributed by atoms with E-state index in [1.54, 1.807) is 60.7 Å². The Kier molecular flexibility index (Phi) is 15.7. The molecule has 0 aliphatic carbocycles. The maximum absolute atomic E-state index is 10.6. The van der Waals surface area contributed by atoms with Gasteiger partial charge in [-0.25, -0.2) is 0 Å². The number of amidine groups is 2. The Balaban J connectivity index is 0.00000223. The molecule has 0 saturated heterocycles. The van der Waals surface area contributed by atoms with E-state index in [-0.39, 0.29) is 33.2 Å². The van der Waals surface area contributed by atoms with E-state index in [4.69, 9.17) is 48.5 Å². The largest absolute Gasteiger partial charge is 1.00 e. The fourth-order valence-corrected chi connectivity index (χ4v) is 3.41. The maximum atomic E-state index is 10.6. The number of aliphatic imine (C=N–C) groups is 2. The van der Waals surface area contributed by atoms with Crippen molar-refractivity contribution in [3.05, 3.63) is 87.4 Å². The van der Waals surface area contributed by atoms with Crippen LogP contribution < -0.4 is 10.9 Å². The van der Waals surface area contributed by atoms with Gasteiger partial charge in [-0.1, -0.05) is 35.3 Å². The smallest absolute Gasteiger partial charge is 1.00 e. The number of hydrazone groups is 2. The van der Waals surface area contributed by atoms with E-state index in [1.807, 2.05) is 6.92 Å². The molecule has 3 N–H and O–H groups in total. The summed E-state index contributed by atoms with van der Waals surface area (Å²) in [4.78, 5) is 8.40. The molecule has 14 heteroatoms. The standard InChI is InChI=1S/C23H20Cl2N6OS2.ClH.2Cu/c1-14-8-15(12-26-30-22(33)28-19-6-2-4-17(24)10-19)21(32)16(9-14)13-27-31-23(34)29-20-7-3-5-18(25)11-20;;;/h2-13,32H,1H3,(H2,28,30,33)(H2,29,31,34);1H;;/q;;+1;+2/p-3/b26-12+,27-13+;;;. The zero-order chi connectivity index (χ0) is 26.5. The summed E-state index contributed by atoms with van der Waals surface area (Å²) >= 11 is 25.9. The third-order valence-corrected chi connectivity index (χ3v) is 4.95. The number of aryl methyl sites for hydroxylation is 1. The van der Waals surface area contributed by atoms with E-state index in [9.17, 15) is 5.11 Å². The average Bonchev–Trinajstić information content (AvgIpc) is 2.83. The molecule has 0 saturated carbocycles. The molecular weight excluding hydrogens is 674 g/mol. The topological polar surface area (TPSA) is 93.7 Å². The first-order chi connectivity index (χ1) is 17.3. The van der Waals surface area contributed by atoms with Gasteiger partial charge in [0.1, 0.15) is 5.75 Å². The fourth-order valence-electron chi connectivity index (χ4n) is 2.72. The number of benzene rings is 3. The van der Waals surface area contributed by atoms with Crippen molar-refractivity contribution in [2.24, 2.45) is 20.2 Å². The Labute approximate surface area is 259 Å². The van der Waals surface area contributed by atoms with Crippen LogP contribution in [-0.4, -0.2) is 27.9 Å². The van der Waals surface area contributed by atoms with Crippen LogP contribution in [0.3, 0.4) is 0 Å². The molecule has 201 valence electrons. The summed E-state index contributed by atoms with van der Waals surface area (Å²) in [5.41, 5.74) is 8.31. The van der Waals surface area contributed by atoms with Gasteiger partial charge < -0.3 is 30.4 Å². The minimum Gasteiger partial charge on any atom is 1.00 e. The first-order valence-electron chi connectivity index (χ1n) is 9.86. The van der Waals surface area contributed by atoms with Crippen molar-refractivity contribution >= 4 is 92.7 Å². The summed E-state index contributed by atoms with van der Waals surface area (Å²) < 4.78 is 0. The summed E-state index contributed by atoms with van der Waals surface area (Å²) in [7, 11) is 4.20. The molecule has 0 aliphatic rings. The first kappa shape index (κ1) is 33.1. The average molecular weight is 692 g/mol. The molecule has 0 radical (unpaired) electrons. The molecule has 0 aliphatic heterocycles. The van der Waals surface area contributed by atoms with Crippen molar-refractivity contribution in [1.29, 1.82) is 0 Å². The quantitative estimate of drug-likeness (QED) is 0.0969. The van der Waals surface area contributed by atoms with E-state index in [2.05, 4.69) is 56.2 Å². The van der Waals surface area contributed by atoms with Crippen molar-refractivity contribution < 1.29 is 37.3 Å². The second-order valence-electron chi connectivity index (χ2n) is 6.83. The number of hydrogen-bond donors (Lipinski definition) is 3. The van der Waals surface area contributed by atoms with E-state index < -0.39 is 0 Å². The van der Waals surface area contributed by atoms with Crippen LogP contribution in [0.5, 0.6) is 5.75 Å². The monoisotopic (exact) mass is 689 g/mol. The van der Waals surface area contributed by atoms with Gasteiger partial charge in [0.05, 0.1) is 23.8 Å². The van der Waals surface area contributed by atoms with E-state index in [1.165, 1.54) is 12.4 Å². The van der Waals surface area contributed by atoms with Crippen LogP contribution in [0.4, 0.5) is 11.4 Å². The SMILES string of the molecule is Cc1cc(/C=N/NC([S-])=Nc2cccc(Cl)c2)c(O)c(/C=N/NC([S-])=Nc2cccc(Cl)c2)c1.[Cl][Cu+].[Cu+]. The van der Waals surface area contributed by atoms with Gasteiger partial charge in [0.15, 0.2) is 0 Å². The Morgan fingerprint density at radius 3 is 1.59 bits per heavy atom. The van der Waals surface area contributed by atoms with Gasteiger partial charge >= 0.3 is 42.3 Å². The maximum Gasteiger partial charge on any atom is 1.00 e. The van der Waals surface area contributed by atoms with Gasteiger partial charge in [0.25, 0.3) is 0 Å². The zero-order valence-electron chi connectivity index (χ0n) is 18.7. The number of rotatable bonds is 6. The molecule has 0 amide bonds. The van der Waals surface area contributed by atoms with Crippen molar-refractivity contribution in [2.45, 2.75) is 6.92 Å². The predicted molar refractivity (Wildman–Crippen MR) is 152 cm³/mol. The van der Waals surface area contributed by atoms with Gasteiger partial charge in [-0.2, -0.15) is 10.2 Å². The Bertz CT molecular complexity index is 1210. The van der Waals surface area contributed by atoms with Crippen LogP contribution in [-0.2, 0) is 57.4 Å². The fraction of sp³-hybridized carbons (Fsp3) is 0.0435. The number of nitrogens with zero attached hydrogens (tertiary/aromatic N) is 4. The van der Waals surface area contributed by atoms with E-state index >= 15 is 0 Å². The number of phenolic OH excluding ortho intramolecular Hbond substituents is 1. The number of hydrogen-bond acceptors (Lipinski definition) is 7. The van der Waals surface area contributed by atoms with Crippen molar-refractivity contribution in [3.8, 4) is 5.75 Å². The second-order valence-corrected chi connectivity index (χ2v) is 8.47. The van der Waals surface area contributed by atoms with Crippen LogP contribution in [0.25, 0.3) is 0 Å². The predicted octanol–water partition coefficient (Wildman–Crippen LogP) is 6.01. The molecule has 0 unspecified atom stereocenters. The molecule has 7 nitrogen and oxygen atoms in total. The molecular formula is C23H18Cl3Cu2N6OS2.